The Morgan fingerprint density at radius 3 is 2.15 bits per heavy atom. The Labute approximate surface area is 238 Å². The van der Waals surface area contributed by atoms with Crippen molar-refractivity contribution < 1.29 is 14.0 Å². The van der Waals surface area contributed by atoms with Crippen molar-refractivity contribution in [3.63, 3.8) is 0 Å². The average molecular weight is 558 g/mol. The number of nitrogens with zero attached hydrogens (tertiary/aromatic N) is 4. The molecule has 0 saturated carbocycles. The third kappa shape index (κ3) is 7.45. The van der Waals surface area contributed by atoms with Crippen LogP contribution in [0.3, 0.4) is 0 Å². The van der Waals surface area contributed by atoms with Gasteiger partial charge in [-0.1, -0.05) is 60.3 Å². The highest BCUT2D eigenvalue weighted by molar-refractivity contribution is 7.99. The molecule has 4 rings (SSSR count). The summed E-state index contributed by atoms with van der Waals surface area (Å²) < 4.78 is 14.8. The molecule has 1 N–H and O–H groups in total. The lowest BCUT2D eigenvalue weighted by atomic mass is 10.0. The normalized spacial score (nSPS) is 11.5. The molecule has 0 radical (unpaired) electrons. The van der Waals surface area contributed by atoms with E-state index in [4.69, 9.17) is 0 Å². The summed E-state index contributed by atoms with van der Waals surface area (Å²) in [5, 5.41) is 3.43. The number of thioether (sulfide) groups is 1. The number of carbonyl (C=O) groups is 2. The molecule has 9 heteroatoms. The fourth-order valence-corrected chi connectivity index (χ4v) is 5.10. The summed E-state index contributed by atoms with van der Waals surface area (Å²) in [5.74, 6) is -1.22. The number of halogens is 1. The van der Waals surface area contributed by atoms with Gasteiger partial charge in [0, 0.05) is 49.0 Å². The first kappa shape index (κ1) is 28.8. The number of aryl methyl sites for hydroxylation is 2. The maximum Gasteiger partial charge on any atom is 0.251 e. The Bertz CT molecular complexity index is 1440. The molecule has 2 amide bonds. The predicted molar refractivity (Wildman–Crippen MR) is 158 cm³/mol. The molecule has 1 unspecified atom stereocenters. The third-order valence-electron chi connectivity index (χ3n) is 6.23. The zero-order valence-corrected chi connectivity index (χ0v) is 23.8. The number of nitrogens with one attached hydrogen (secondary N) is 1. The van der Waals surface area contributed by atoms with Crippen LogP contribution in [-0.2, 0) is 16.1 Å². The summed E-state index contributed by atoms with van der Waals surface area (Å²) in [7, 11) is 3.87. The number of benzene rings is 3. The van der Waals surface area contributed by atoms with Crippen LogP contribution in [0.15, 0.2) is 90.1 Å². The van der Waals surface area contributed by atoms with Crippen molar-refractivity contribution in [2.45, 2.75) is 31.6 Å². The van der Waals surface area contributed by atoms with E-state index in [1.54, 1.807) is 30.3 Å². The van der Waals surface area contributed by atoms with Gasteiger partial charge in [0.1, 0.15) is 11.9 Å². The largest absolute Gasteiger partial charge is 0.378 e. The third-order valence-corrected chi connectivity index (χ3v) is 7.06. The Balaban J connectivity index is 1.68. The highest BCUT2D eigenvalue weighted by Gasteiger charge is 2.32. The van der Waals surface area contributed by atoms with Gasteiger partial charge >= 0.3 is 0 Å². The monoisotopic (exact) mass is 557 g/mol. The maximum absolute atomic E-state index is 14.8. The minimum Gasteiger partial charge on any atom is -0.378 e. The SMILES string of the molecule is Cc1cc(C)nc(SCC(=O)N(Cc2ccccc2F)C(C(=O)Nc2ccc(N(C)C)cc2)c2ccccc2)n1. The summed E-state index contributed by atoms with van der Waals surface area (Å²) in [5.41, 5.74) is 4.10. The van der Waals surface area contributed by atoms with E-state index in [9.17, 15) is 14.0 Å². The molecule has 0 fully saturated rings. The highest BCUT2D eigenvalue weighted by atomic mass is 32.2. The Morgan fingerprint density at radius 1 is 0.900 bits per heavy atom. The Morgan fingerprint density at radius 2 is 1.52 bits per heavy atom. The molecule has 206 valence electrons. The summed E-state index contributed by atoms with van der Waals surface area (Å²) in [6.07, 6.45) is 0. The van der Waals surface area contributed by atoms with Gasteiger partial charge in [-0.2, -0.15) is 0 Å². The van der Waals surface area contributed by atoms with Crippen molar-refractivity contribution >= 4 is 35.0 Å². The average Bonchev–Trinajstić information content (AvgIpc) is 2.93. The number of hydrogen-bond acceptors (Lipinski definition) is 6. The van der Waals surface area contributed by atoms with Crippen molar-refractivity contribution in [3.05, 3.63) is 113 Å². The topological polar surface area (TPSA) is 78.4 Å². The summed E-state index contributed by atoms with van der Waals surface area (Å²) >= 11 is 1.19. The van der Waals surface area contributed by atoms with Gasteiger partial charge in [0.05, 0.1) is 5.75 Å². The standard InChI is InChI=1S/C31H32FN5O2S/c1-21-18-22(2)34-31(33-21)40-20-28(38)37(19-24-12-8-9-13-27(24)32)29(23-10-6-5-7-11-23)30(39)35-25-14-16-26(17-15-25)36(3)4/h5-18,29H,19-20H2,1-4H3,(H,35,39). The molecule has 0 aliphatic rings. The van der Waals surface area contributed by atoms with Crippen molar-refractivity contribution in [3.8, 4) is 0 Å². The van der Waals surface area contributed by atoms with Gasteiger partial charge in [-0.15, -0.1) is 0 Å². The molecule has 1 aromatic heterocycles. The first-order valence-corrected chi connectivity index (χ1v) is 13.8. The summed E-state index contributed by atoms with van der Waals surface area (Å²) in [6.45, 7) is 3.64. The van der Waals surface area contributed by atoms with Gasteiger partial charge < -0.3 is 15.1 Å². The molecule has 0 saturated heterocycles. The number of amides is 2. The van der Waals surface area contributed by atoms with Crippen LogP contribution >= 0.6 is 11.8 Å². The molecular weight excluding hydrogens is 525 g/mol. The summed E-state index contributed by atoms with van der Waals surface area (Å²) in [4.78, 5) is 39.9. The van der Waals surface area contributed by atoms with Crippen LogP contribution in [-0.4, -0.2) is 46.5 Å². The van der Waals surface area contributed by atoms with E-state index in [2.05, 4.69) is 15.3 Å². The van der Waals surface area contributed by atoms with Gasteiger partial charge in [0.2, 0.25) is 5.91 Å². The van der Waals surface area contributed by atoms with Crippen LogP contribution in [0.4, 0.5) is 15.8 Å². The van der Waals surface area contributed by atoms with Crippen molar-refractivity contribution in [2.75, 3.05) is 30.1 Å². The number of rotatable bonds is 10. The molecule has 40 heavy (non-hydrogen) atoms. The van der Waals surface area contributed by atoms with E-state index in [0.717, 1.165) is 17.1 Å². The van der Waals surface area contributed by atoms with Crippen LogP contribution in [0.1, 0.15) is 28.6 Å². The fourth-order valence-electron chi connectivity index (χ4n) is 4.26. The molecule has 1 heterocycles. The van der Waals surface area contributed by atoms with Gasteiger partial charge in [-0.3, -0.25) is 9.59 Å². The van der Waals surface area contributed by atoms with E-state index in [0.29, 0.717) is 22.0 Å². The lowest BCUT2D eigenvalue weighted by Gasteiger charge is -2.31. The van der Waals surface area contributed by atoms with E-state index in [1.165, 1.54) is 22.7 Å². The van der Waals surface area contributed by atoms with Gasteiger partial charge in [0.25, 0.3) is 5.91 Å². The van der Waals surface area contributed by atoms with E-state index < -0.39 is 17.8 Å². The van der Waals surface area contributed by atoms with Crippen molar-refractivity contribution in [2.24, 2.45) is 0 Å². The van der Waals surface area contributed by atoms with Gasteiger partial charge in [-0.25, -0.2) is 14.4 Å². The van der Waals surface area contributed by atoms with Gasteiger partial charge in [-0.05, 0) is 55.8 Å². The Hall–Kier alpha value is -4.24. The zero-order valence-electron chi connectivity index (χ0n) is 23.0. The molecular formula is C31H32FN5O2S. The molecule has 0 aliphatic heterocycles. The van der Waals surface area contributed by atoms with Crippen LogP contribution in [0, 0.1) is 19.7 Å². The molecule has 1 atom stereocenters. The molecule has 4 aromatic rings. The molecule has 0 bridgehead atoms. The Kier molecular flexibility index (Phi) is 9.50. The fraction of sp³-hybridized carbons (Fsp3) is 0.226. The van der Waals surface area contributed by atoms with Crippen LogP contribution < -0.4 is 10.2 Å². The molecule has 0 aliphatic carbocycles. The van der Waals surface area contributed by atoms with Crippen LogP contribution in [0.25, 0.3) is 0 Å². The minimum absolute atomic E-state index is 0.0223. The number of carbonyl (C=O) groups excluding carboxylic acids is 2. The second-order valence-corrected chi connectivity index (χ2v) is 10.5. The first-order chi connectivity index (χ1) is 19.2. The zero-order chi connectivity index (χ0) is 28.6. The lowest BCUT2D eigenvalue weighted by Crippen LogP contribution is -2.42. The maximum atomic E-state index is 14.8. The van der Waals surface area contributed by atoms with Gasteiger partial charge in [0.15, 0.2) is 5.16 Å². The number of anilines is 2. The van der Waals surface area contributed by atoms with E-state index in [-0.39, 0.29) is 18.2 Å². The predicted octanol–water partition coefficient (Wildman–Crippen LogP) is 5.80. The first-order valence-electron chi connectivity index (χ1n) is 12.8. The van der Waals surface area contributed by atoms with Crippen LogP contribution in [0.2, 0.25) is 0 Å². The minimum atomic E-state index is -1.01. The van der Waals surface area contributed by atoms with Crippen molar-refractivity contribution in [1.82, 2.24) is 14.9 Å². The summed E-state index contributed by atoms with van der Waals surface area (Å²) in [6, 6.07) is 23.6. The van der Waals surface area contributed by atoms with E-state index in [1.807, 2.05) is 81.4 Å². The lowest BCUT2D eigenvalue weighted by molar-refractivity contribution is -0.137. The number of aromatic nitrogens is 2. The smallest absolute Gasteiger partial charge is 0.251 e. The second kappa shape index (κ2) is 13.2. The molecule has 0 spiro atoms. The van der Waals surface area contributed by atoms with E-state index >= 15 is 0 Å². The molecule has 7 nitrogen and oxygen atoms in total. The second-order valence-electron chi connectivity index (χ2n) is 9.58. The molecule has 3 aromatic carbocycles. The quantitative estimate of drug-likeness (QED) is 0.196. The number of hydrogen-bond donors (Lipinski definition) is 1. The highest BCUT2D eigenvalue weighted by Crippen LogP contribution is 2.28. The van der Waals surface area contributed by atoms with Crippen LogP contribution in [0.5, 0.6) is 0 Å². The van der Waals surface area contributed by atoms with Crippen molar-refractivity contribution in [1.29, 1.82) is 0 Å².